The van der Waals surface area contributed by atoms with Crippen molar-refractivity contribution in [2.24, 2.45) is 0 Å². The Labute approximate surface area is 138 Å². The number of nitrogens with one attached hydrogen (secondary N) is 1. The zero-order valence-electron chi connectivity index (χ0n) is 13.1. The predicted molar refractivity (Wildman–Crippen MR) is 91.2 cm³/mol. The second kappa shape index (κ2) is 5.85. The molecule has 4 rings (SSSR count). The van der Waals surface area contributed by atoms with Crippen LogP contribution in [0.1, 0.15) is 23.3 Å². The maximum atomic E-state index is 14.9. The highest BCUT2D eigenvalue weighted by atomic mass is 19.1. The molecule has 5 heteroatoms. The first-order valence-electron chi connectivity index (χ1n) is 7.69. The van der Waals surface area contributed by atoms with E-state index in [1.807, 2.05) is 43.3 Å². The molecule has 118 valence electrons. The first-order valence-corrected chi connectivity index (χ1v) is 7.69. The van der Waals surface area contributed by atoms with Crippen molar-refractivity contribution >= 4 is 11.0 Å². The highest BCUT2D eigenvalue weighted by molar-refractivity contribution is 5.90. The fraction of sp³-hybridized carbons (Fsp3) is 0.105. The number of alkyl halides is 1. The Morgan fingerprint density at radius 3 is 2.50 bits per heavy atom. The average Bonchev–Trinajstić information content (AvgIpc) is 3.10. The smallest absolute Gasteiger partial charge is 0.184 e. The summed E-state index contributed by atoms with van der Waals surface area (Å²) in [6, 6.07) is 16.5. The van der Waals surface area contributed by atoms with Gasteiger partial charge in [0, 0.05) is 11.3 Å². The minimum absolute atomic E-state index is 0.345. The molecule has 24 heavy (non-hydrogen) atoms. The van der Waals surface area contributed by atoms with Gasteiger partial charge in [0.2, 0.25) is 0 Å². The van der Waals surface area contributed by atoms with Gasteiger partial charge in [0.1, 0.15) is 0 Å². The Morgan fingerprint density at radius 2 is 1.67 bits per heavy atom. The van der Waals surface area contributed by atoms with Gasteiger partial charge < -0.3 is 4.98 Å². The molecule has 0 spiro atoms. The van der Waals surface area contributed by atoms with Gasteiger partial charge >= 0.3 is 0 Å². The zero-order chi connectivity index (χ0) is 16.5. The van der Waals surface area contributed by atoms with Crippen LogP contribution in [0.2, 0.25) is 0 Å². The van der Waals surface area contributed by atoms with Crippen LogP contribution in [0.15, 0.2) is 60.9 Å². The molecule has 0 fully saturated rings. The van der Waals surface area contributed by atoms with Crippen LogP contribution in [0, 0.1) is 6.92 Å². The van der Waals surface area contributed by atoms with E-state index in [1.165, 1.54) is 0 Å². The predicted octanol–water partition coefficient (Wildman–Crippen LogP) is 4.39. The molecule has 3 heterocycles. The van der Waals surface area contributed by atoms with Gasteiger partial charge in [-0.1, -0.05) is 24.3 Å². The van der Waals surface area contributed by atoms with E-state index in [9.17, 15) is 4.39 Å². The van der Waals surface area contributed by atoms with E-state index in [4.69, 9.17) is 0 Å². The number of hydrogen-bond acceptors (Lipinski definition) is 3. The number of fused-ring (bicyclic) bond motifs is 1. The maximum Gasteiger partial charge on any atom is 0.184 e. The number of para-hydroxylation sites is 1. The van der Waals surface area contributed by atoms with Crippen molar-refractivity contribution in [3.8, 4) is 11.3 Å². The number of nitrogens with zero attached hydrogens (tertiary/aromatic N) is 3. The molecular weight excluding hydrogens is 303 g/mol. The highest BCUT2D eigenvalue weighted by Gasteiger charge is 2.17. The van der Waals surface area contributed by atoms with Gasteiger partial charge in [-0.3, -0.25) is 4.98 Å². The Kier molecular flexibility index (Phi) is 3.54. The molecule has 1 aromatic carbocycles. The monoisotopic (exact) mass is 318 g/mol. The first kappa shape index (κ1) is 14.5. The second-order valence-corrected chi connectivity index (χ2v) is 5.62. The molecule has 0 saturated carbocycles. The Hall–Kier alpha value is -3.08. The van der Waals surface area contributed by atoms with Crippen LogP contribution in [0.5, 0.6) is 0 Å². The Balaban J connectivity index is 1.78. The van der Waals surface area contributed by atoms with Gasteiger partial charge in [0.25, 0.3) is 0 Å². The maximum absolute atomic E-state index is 14.9. The van der Waals surface area contributed by atoms with E-state index < -0.39 is 6.17 Å². The lowest BCUT2D eigenvalue weighted by Gasteiger charge is -2.10. The summed E-state index contributed by atoms with van der Waals surface area (Å²) in [5.41, 5.74) is 4.83. The van der Waals surface area contributed by atoms with Gasteiger partial charge in [0.15, 0.2) is 6.17 Å². The number of hydrogen-bond donors (Lipinski definition) is 1. The third-order valence-electron chi connectivity index (χ3n) is 3.93. The minimum atomic E-state index is -1.36. The topological polar surface area (TPSA) is 54.5 Å². The summed E-state index contributed by atoms with van der Waals surface area (Å²) in [5, 5.41) is 0. The van der Waals surface area contributed by atoms with Crippen LogP contribution in [-0.2, 0) is 0 Å². The van der Waals surface area contributed by atoms with Crippen LogP contribution < -0.4 is 0 Å². The van der Waals surface area contributed by atoms with Crippen LogP contribution in [0.3, 0.4) is 0 Å². The second-order valence-electron chi connectivity index (χ2n) is 5.62. The van der Waals surface area contributed by atoms with E-state index in [0.717, 1.165) is 22.3 Å². The molecule has 4 nitrogen and oxygen atoms in total. The van der Waals surface area contributed by atoms with Crippen molar-refractivity contribution in [1.82, 2.24) is 19.9 Å². The molecule has 4 aromatic rings. The van der Waals surface area contributed by atoms with Crippen molar-refractivity contribution in [3.63, 3.8) is 0 Å². The molecule has 3 aromatic heterocycles. The summed E-state index contributed by atoms with van der Waals surface area (Å²) >= 11 is 0. The summed E-state index contributed by atoms with van der Waals surface area (Å²) in [4.78, 5) is 16.2. The molecular formula is C19H15FN4. The quantitative estimate of drug-likeness (QED) is 0.609. The molecule has 0 aliphatic rings. The molecule has 0 aliphatic carbocycles. The Morgan fingerprint density at radius 1 is 0.917 bits per heavy atom. The van der Waals surface area contributed by atoms with E-state index in [-0.39, 0.29) is 0 Å². The van der Waals surface area contributed by atoms with Crippen molar-refractivity contribution in [2.45, 2.75) is 13.1 Å². The van der Waals surface area contributed by atoms with E-state index in [2.05, 4.69) is 19.9 Å². The number of pyridine rings is 2. The number of aromatic amines is 1. The number of benzene rings is 1. The SMILES string of the molecule is Cc1cccc(C(F)c2cccc(-c3cccc4[nH]cnc34)n2)n1. The van der Waals surface area contributed by atoms with Crippen molar-refractivity contribution in [2.75, 3.05) is 0 Å². The standard InChI is InChI=1S/C19H15FN4/c1-12-5-2-8-15(23-12)18(20)16-9-4-7-14(24-16)13-6-3-10-17-19(13)22-11-21-17/h2-11,18H,1H3,(H,21,22). The van der Waals surface area contributed by atoms with Crippen LogP contribution in [0.25, 0.3) is 22.3 Å². The summed E-state index contributed by atoms with van der Waals surface area (Å²) in [5.74, 6) is 0. The van der Waals surface area contributed by atoms with E-state index in [1.54, 1.807) is 24.5 Å². The summed E-state index contributed by atoms with van der Waals surface area (Å²) < 4.78 is 14.9. The lowest BCUT2D eigenvalue weighted by molar-refractivity contribution is 0.385. The largest absolute Gasteiger partial charge is 0.345 e. The van der Waals surface area contributed by atoms with Crippen LogP contribution in [0.4, 0.5) is 4.39 Å². The molecule has 0 aliphatic heterocycles. The normalized spacial score (nSPS) is 12.4. The number of aromatic nitrogens is 4. The van der Waals surface area contributed by atoms with Crippen molar-refractivity contribution < 1.29 is 4.39 Å². The molecule has 0 bridgehead atoms. The molecule has 0 radical (unpaired) electrons. The molecule has 1 atom stereocenters. The Bertz CT molecular complexity index is 1010. The van der Waals surface area contributed by atoms with Gasteiger partial charge in [-0.25, -0.2) is 14.4 Å². The van der Waals surface area contributed by atoms with E-state index in [0.29, 0.717) is 17.1 Å². The van der Waals surface area contributed by atoms with Gasteiger partial charge in [0.05, 0.1) is 34.4 Å². The number of rotatable bonds is 3. The fourth-order valence-electron chi connectivity index (χ4n) is 2.77. The van der Waals surface area contributed by atoms with Crippen LogP contribution in [-0.4, -0.2) is 19.9 Å². The summed E-state index contributed by atoms with van der Waals surface area (Å²) in [6.07, 6.45) is 0.287. The van der Waals surface area contributed by atoms with Gasteiger partial charge in [-0.2, -0.15) is 0 Å². The average molecular weight is 318 g/mol. The summed E-state index contributed by atoms with van der Waals surface area (Å²) in [6.45, 7) is 1.85. The lowest BCUT2D eigenvalue weighted by Crippen LogP contribution is -2.02. The number of aryl methyl sites for hydroxylation is 1. The molecule has 1 N–H and O–H groups in total. The van der Waals surface area contributed by atoms with Crippen molar-refractivity contribution in [3.05, 3.63) is 78.0 Å². The zero-order valence-corrected chi connectivity index (χ0v) is 13.1. The molecule has 0 saturated heterocycles. The number of imidazole rings is 1. The minimum Gasteiger partial charge on any atom is -0.345 e. The third-order valence-corrected chi connectivity index (χ3v) is 3.93. The number of H-pyrrole nitrogens is 1. The van der Waals surface area contributed by atoms with Gasteiger partial charge in [-0.15, -0.1) is 0 Å². The van der Waals surface area contributed by atoms with Crippen molar-refractivity contribution in [1.29, 1.82) is 0 Å². The fourth-order valence-corrected chi connectivity index (χ4v) is 2.77. The summed E-state index contributed by atoms with van der Waals surface area (Å²) in [7, 11) is 0. The molecule has 0 amide bonds. The highest BCUT2D eigenvalue weighted by Crippen LogP contribution is 2.28. The lowest BCUT2D eigenvalue weighted by atomic mass is 10.1. The van der Waals surface area contributed by atoms with Gasteiger partial charge in [-0.05, 0) is 37.3 Å². The third kappa shape index (κ3) is 2.54. The first-order chi connectivity index (χ1) is 11.7. The number of halogens is 1. The van der Waals surface area contributed by atoms with E-state index >= 15 is 0 Å². The van der Waals surface area contributed by atoms with Crippen LogP contribution >= 0.6 is 0 Å². The molecule has 1 unspecified atom stereocenters.